The van der Waals surface area contributed by atoms with Crippen LogP contribution in [-0.2, 0) is 11.3 Å². The summed E-state index contributed by atoms with van der Waals surface area (Å²) in [6.45, 7) is 5.54. The third kappa shape index (κ3) is 6.10. The number of nitrogens with zero attached hydrogens (tertiary/aromatic N) is 3. The predicted octanol–water partition coefficient (Wildman–Crippen LogP) is 4.08. The summed E-state index contributed by atoms with van der Waals surface area (Å²) in [5.74, 6) is -0.0474. The van der Waals surface area contributed by atoms with E-state index in [1.807, 2.05) is 11.8 Å². The zero-order chi connectivity index (χ0) is 22.4. The molecule has 3 aromatic rings. The van der Waals surface area contributed by atoms with Crippen molar-refractivity contribution in [1.82, 2.24) is 14.7 Å². The monoisotopic (exact) mass is 431 g/mol. The highest BCUT2D eigenvalue weighted by molar-refractivity contribution is 5.43. The molecule has 0 saturated carbocycles. The van der Waals surface area contributed by atoms with E-state index in [1.54, 1.807) is 43.0 Å². The van der Waals surface area contributed by atoms with Gasteiger partial charge in [-0.25, -0.2) is 13.5 Å². The lowest BCUT2D eigenvalue weighted by molar-refractivity contribution is 0.0934. The van der Waals surface area contributed by atoms with Gasteiger partial charge in [0.1, 0.15) is 17.4 Å². The summed E-state index contributed by atoms with van der Waals surface area (Å²) in [6.07, 6.45) is -0.531. The Labute approximate surface area is 180 Å². The normalized spacial score (nSPS) is 12.4. The Hall–Kier alpha value is -2.81. The van der Waals surface area contributed by atoms with Crippen LogP contribution in [0.4, 0.5) is 8.78 Å². The molecular formula is C23H27F2N3O3. The molecule has 1 atom stereocenters. The standard InChI is InChI=1S/C23H27F2N3O3/c1-16(29)14-27(11-12-30-3)15-22-17(2)26-28(20-9-7-18(24)8-10-20)23(22)31-21-6-4-5-19(25)13-21/h4-10,13,16,29H,11-12,14-15H2,1-3H3/t16-/m0/s1. The number of hydrogen-bond donors (Lipinski definition) is 1. The summed E-state index contributed by atoms with van der Waals surface area (Å²) in [7, 11) is 1.62. The molecule has 0 aliphatic carbocycles. The summed E-state index contributed by atoms with van der Waals surface area (Å²) >= 11 is 0. The minimum Gasteiger partial charge on any atom is -0.438 e. The van der Waals surface area contributed by atoms with Crippen LogP contribution in [0.25, 0.3) is 5.69 Å². The van der Waals surface area contributed by atoms with E-state index in [9.17, 15) is 13.9 Å². The van der Waals surface area contributed by atoms with Crippen molar-refractivity contribution in [2.24, 2.45) is 0 Å². The summed E-state index contributed by atoms with van der Waals surface area (Å²) in [4.78, 5) is 2.03. The van der Waals surface area contributed by atoms with Gasteiger partial charge < -0.3 is 14.6 Å². The molecule has 0 unspecified atom stereocenters. The number of ether oxygens (including phenoxy) is 2. The average molecular weight is 431 g/mol. The molecule has 0 bridgehead atoms. The summed E-state index contributed by atoms with van der Waals surface area (Å²) < 4.78 is 40.0. The highest BCUT2D eigenvalue weighted by Crippen LogP contribution is 2.32. The molecule has 0 saturated heterocycles. The van der Waals surface area contributed by atoms with E-state index in [4.69, 9.17) is 9.47 Å². The fraction of sp³-hybridized carbons (Fsp3) is 0.348. The van der Waals surface area contributed by atoms with Crippen molar-refractivity contribution < 1.29 is 23.4 Å². The maximum Gasteiger partial charge on any atom is 0.227 e. The summed E-state index contributed by atoms with van der Waals surface area (Å²) in [5.41, 5.74) is 2.11. The van der Waals surface area contributed by atoms with Gasteiger partial charge in [-0.1, -0.05) is 6.07 Å². The molecule has 0 aliphatic heterocycles. The fourth-order valence-electron chi connectivity index (χ4n) is 3.28. The van der Waals surface area contributed by atoms with E-state index >= 15 is 0 Å². The Bertz CT molecular complexity index is 990. The number of aryl methyl sites for hydroxylation is 1. The Morgan fingerprint density at radius 2 is 1.87 bits per heavy atom. The van der Waals surface area contributed by atoms with Gasteiger partial charge in [-0.2, -0.15) is 5.10 Å². The molecule has 166 valence electrons. The number of hydrogen-bond acceptors (Lipinski definition) is 5. The second kappa shape index (κ2) is 10.5. The SMILES string of the molecule is COCCN(Cc1c(C)nn(-c2ccc(F)cc2)c1Oc1cccc(F)c1)C[C@H](C)O. The van der Waals surface area contributed by atoms with E-state index in [0.29, 0.717) is 49.3 Å². The summed E-state index contributed by atoms with van der Waals surface area (Å²) in [5, 5.41) is 14.5. The third-order valence-corrected chi connectivity index (χ3v) is 4.73. The van der Waals surface area contributed by atoms with Crippen LogP contribution in [0.5, 0.6) is 11.6 Å². The van der Waals surface area contributed by atoms with Gasteiger partial charge in [0, 0.05) is 32.8 Å². The molecule has 3 rings (SSSR count). The van der Waals surface area contributed by atoms with E-state index < -0.39 is 11.9 Å². The number of aliphatic hydroxyl groups is 1. The lowest BCUT2D eigenvalue weighted by Crippen LogP contribution is -2.33. The average Bonchev–Trinajstić information content (AvgIpc) is 3.02. The second-order valence-electron chi connectivity index (χ2n) is 7.39. The minimum atomic E-state index is -0.531. The van der Waals surface area contributed by atoms with E-state index in [-0.39, 0.29) is 5.82 Å². The first-order valence-corrected chi connectivity index (χ1v) is 10.0. The van der Waals surface area contributed by atoms with Crippen molar-refractivity contribution in [2.45, 2.75) is 26.5 Å². The molecule has 8 heteroatoms. The minimum absolute atomic E-state index is 0.323. The topological polar surface area (TPSA) is 59.8 Å². The van der Waals surface area contributed by atoms with Crippen molar-refractivity contribution in [3.8, 4) is 17.3 Å². The van der Waals surface area contributed by atoms with Gasteiger partial charge in [-0.3, -0.25) is 4.90 Å². The van der Waals surface area contributed by atoms with Crippen LogP contribution in [0, 0.1) is 18.6 Å². The van der Waals surface area contributed by atoms with E-state index in [2.05, 4.69) is 5.10 Å². The van der Waals surface area contributed by atoms with Crippen LogP contribution < -0.4 is 4.74 Å². The van der Waals surface area contributed by atoms with Gasteiger partial charge >= 0.3 is 0 Å². The molecule has 0 radical (unpaired) electrons. The molecule has 0 aliphatic rings. The molecule has 0 spiro atoms. The Kier molecular flexibility index (Phi) is 7.73. The lowest BCUT2D eigenvalue weighted by atomic mass is 10.2. The molecule has 2 aromatic carbocycles. The number of aromatic nitrogens is 2. The Balaban J connectivity index is 2.03. The molecular weight excluding hydrogens is 404 g/mol. The van der Waals surface area contributed by atoms with Crippen molar-refractivity contribution >= 4 is 0 Å². The van der Waals surface area contributed by atoms with E-state index in [1.165, 1.54) is 24.3 Å². The number of aliphatic hydroxyl groups excluding tert-OH is 1. The van der Waals surface area contributed by atoms with Gasteiger partial charge in [-0.05, 0) is 50.2 Å². The smallest absolute Gasteiger partial charge is 0.227 e. The highest BCUT2D eigenvalue weighted by Gasteiger charge is 2.22. The molecule has 0 amide bonds. The van der Waals surface area contributed by atoms with Crippen LogP contribution >= 0.6 is 0 Å². The number of benzene rings is 2. The Morgan fingerprint density at radius 3 is 2.52 bits per heavy atom. The first-order valence-electron chi connectivity index (χ1n) is 10.0. The maximum atomic E-state index is 13.7. The first-order chi connectivity index (χ1) is 14.9. The molecule has 0 fully saturated rings. The molecule has 1 N–H and O–H groups in total. The zero-order valence-corrected chi connectivity index (χ0v) is 17.9. The van der Waals surface area contributed by atoms with Crippen LogP contribution in [0.1, 0.15) is 18.2 Å². The van der Waals surface area contributed by atoms with Gasteiger partial charge in [0.2, 0.25) is 5.88 Å². The van der Waals surface area contributed by atoms with Crippen molar-refractivity contribution in [3.05, 3.63) is 71.4 Å². The second-order valence-corrected chi connectivity index (χ2v) is 7.39. The Morgan fingerprint density at radius 1 is 1.13 bits per heavy atom. The molecule has 1 aromatic heterocycles. The predicted molar refractivity (Wildman–Crippen MR) is 114 cm³/mol. The summed E-state index contributed by atoms with van der Waals surface area (Å²) in [6, 6.07) is 11.7. The fourth-order valence-corrected chi connectivity index (χ4v) is 3.28. The van der Waals surface area contributed by atoms with Gasteiger partial charge in [0.15, 0.2) is 0 Å². The number of rotatable bonds is 10. The molecule has 31 heavy (non-hydrogen) atoms. The van der Waals surface area contributed by atoms with Crippen molar-refractivity contribution in [2.75, 3.05) is 26.8 Å². The van der Waals surface area contributed by atoms with E-state index in [0.717, 1.165) is 5.56 Å². The van der Waals surface area contributed by atoms with Crippen molar-refractivity contribution in [3.63, 3.8) is 0 Å². The lowest BCUT2D eigenvalue weighted by Gasteiger charge is -2.23. The molecule has 6 nitrogen and oxygen atoms in total. The van der Waals surface area contributed by atoms with Gasteiger partial charge in [0.25, 0.3) is 0 Å². The van der Waals surface area contributed by atoms with Crippen LogP contribution in [0.2, 0.25) is 0 Å². The van der Waals surface area contributed by atoms with Gasteiger partial charge in [-0.15, -0.1) is 0 Å². The number of methoxy groups -OCH3 is 1. The zero-order valence-electron chi connectivity index (χ0n) is 17.9. The van der Waals surface area contributed by atoms with Crippen molar-refractivity contribution in [1.29, 1.82) is 0 Å². The van der Waals surface area contributed by atoms with Crippen LogP contribution in [-0.4, -0.2) is 52.7 Å². The van der Waals surface area contributed by atoms with Crippen LogP contribution in [0.15, 0.2) is 48.5 Å². The highest BCUT2D eigenvalue weighted by atomic mass is 19.1. The third-order valence-electron chi connectivity index (χ3n) is 4.73. The largest absolute Gasteiger partial charge is 0.438 e. The number of halogens is 2. The molecule has 1 heterocycles. The van der Waals surface area contributed by atoms with Crippen LogP contribution in [0.3, 0.4) is 0 Å². The maximum absolute atomic E-state index is 13.7. The quantitative estimate of drug-likeness (QED) is 0.524. The van der Waals surface area contributed by atoms with Gasteiger partial charge in [0.05, 0.1) is 29.7 Å². The first kappa shape index (κ1) is 22.9.